The first-order valence-electron chi connectivity index (χ1n) is 4.44. The van der Waals surface area contributed by atoms with Crippen LogP contribution in [0.2, 0.25) is 0 Å². The summed E-state index contributed by atoms with van der Waals surface area (Å²) in [5, 5.41) is 10.1. The molecule has 6 heteroatoms. The molecule has 0 aromatic carbocycles. The number of H-pyrrole nitrogens is 1. The Morgan fingerprint density at radius 1 is 1.67 bits per heavy atom. The number of carbonyl (C=O) groups excluding carboxylic acids is 1. The summed E-state index contributed by atoms with van der Waals surface area (Å²) >= 11 is 1.58. The van der Waals surface area contributed by atoms with Crippen LogP contribution in [0.3, 0.4) is 0 Å². The van der Waals surface area contributed by atoms with Crippen molar-refractivity contribution in [2.24, 2.45) is 0 Å². The van der Waals surface area contributed by atoms with E-state index in [-0.39, 0.29) is 5.91 Å². The van der Waals surface area contributed by atoms with Gasteiger partial charge >= 0.3 is 0 Å². The highest BCUT2D eigenvalue weighted by Gasteiger charge is 2.06. The lowest BCUT2D eigenvalue weighted by Gasteiger charge is -1.99. The summed E-state index contributed by atoms with van der Waals surface area (Å²) < 4.78 is 0. The molecule has 0 saturated carbocycles. The van der Waals surface area contributed by atoms with E-state index < -0.39 is 0 Å². The van der Waals surface area contributed by atoms with Crippen LogP contribution in [0, 0.1) is 6.92 Å². The van der Waals surface area contributed by atoms with Gasteiger partial charge in [0.25, 0.3) is 5.91 Å². The van der Waals surface area contributed by atoms with Crippen LogP contribution in [0.4, 0.5) is 0 Å². The molecular formula is C9H10N4OS. The van der Waals surface area contributed by atoms with Gasteiger partial charge in [-0.2, -0.15) is 5.10 Å². The van der Waals surface area contributed by atoms with Crippen LogP contribution in [-0.4, -0.2) is 21.1 Å². The molecule has 2 aromatic heterocycles. The van der Waals surface area contributed by atoms with Crippen molar-refractivity contribution in [1.29, 1.82) is 0 Å². The van der Waals surface area contributed by atoms with E-state index in [4.69, 9.17) is 0 Å². The van der Waals surface area contributed by atoms with Crippen molar-refractivity contribution in [3.05, 3.63) is 34.0 Å². The van der Waals surface area contributed by atoms with Gasteiger partial charge in [-0.3, -0.25) is 9.89 Å². The van der Waals surface area contributed by atoms with Crippen molar-refractivity contribution in [3.63, 3.8) is 0 Å². The molecular weight excluding hydrogens is 212 g/mol. The third kappa shape index (κ3) is 2.41. The number of hydrogen-bond donors (Lipinski definition) is 2. The summed E-state index contributed by atoms with van der Waals surface area (Å²) in [7, 11) is 0. The molecule has 78 valence electrons. The van der Waals surface area contributed by atoms with Crippen LogP contribution in [0.25, 0.3) is 0 Å². The number of carbonyl (C=O) groups is 1. The van der Waals surface area contributed by atoms with Crippen molar-refractivity contribution in [2.75, 3.05) is 0 Å². The Bertz CT molecular complexity index is 448. The van der Waals surface area contributed by atoms with E-state index in [1.54, 1.807) is 29.8 Å². The largest absolute Gasteiger partial charge is 0.346 e. The average molecular weight is 222 g/mol. The maximum Gasteiger partial charge on any atom is 0.269 e. The van der Waals surface area contributed by atoms with Crippen molar-refractivity contribution < 1.29 is 4.79 Å². The first-order chi connectivity index (χ1) is 7.25. The summed E-state index contributed by atoms with van der Waals surface area (Å²) in [6, 6.07) is 1.63. The SMILES string of the molecule is Cc1ncc(CNC(=O)c2ccn[nH]2)s1. The van der Waals surface area contributed by atoms with E-state index in [0.29, 0.717) is 12.2 Å². The van der Waals surface area contributed by atoms with E-state index in [1.807, 2.05) is 6.92 Å². The van der Waals surface area contributed by atoms with Gasteiger partial charge in [0.2, 0.25) is 0 Å². The molecule has 0 spiro atoms. The van der Waals surface area contributed by atoms with Gasteiger partial charge in [-0.15, -0.1) is 11.3 Å². The molecule has 0 aliphatic rings. The second kappa shape index (κ2) is 4.22. The van der Waals surface area contributed by atoms with Gasteiger partial charge in [0.15, 0.2) is 0 Å². The lowest BCUT2D eigenvalue weighted by atomic mass is 10.4. The number of aromatic nitrogens is 3. The smallest absolute Gasteiger partial charge is 0.269 e. The van der Waals surface area contributed by atoms with E-state index in [1.165, 1.54) is 0 Å². The van der Waals surface area contributed by atoms with Gasteiger partial charge in [-0.1, -0.05) is 0 Å². The highest BCUT2D eigenvalue weighted by Crippen LogP contribution is 2.10. The van der Waals surface area contributed by atoms with Gasteiger partial charge < -0.3 is 5.32 Å². The van der Waals surface area contributed by atoms with E-state index >= 15 is 0 Å². The van der Waals surface area contributed by atoms with Gasteiger partial charge in [-0.05, 0) is 13.0 Å². The van der Waals surface area contributed by atoms with E-state index in [2.05, 4.69) is 20.5 Å². The minimum absolute atomic E-state index is 0.154. The summed E-state index contributed by atoms with van der Waals surface area (Å²) in [5.41, 5.74) is 0.469. The highest BCUT2D eigenvalue weighted by molar-refractivity contribution is 7.11. The molecule has 5 nitrogen and oxygen atoms in total. The molecule has 2 rings (SSSR count). The Hall–Kier alpha value is -1.69. The zero-order valence-electron chi connectivity index (χ0n) is 8.15. The monoisotopic (exact) mass is 222 g/mol. The predicted molar refractivity (Wildman–Crippen MR) is 56.6 cm³/mol. The number of nitrogens with zero attached hydrogens (tertiary/aromatic N) is 2. The third-order valence-electron chi connectivity index (χ3n) is 1.84. The predicted octanol–water partition coefficient (Wildman–Crippen LogP) is 1.10. The maximum atomic E-state index is 11.5. The number of aryl methyl sites for hydroxylation is 1. The molecule has 2 aromatic rings. The first-order valence-corrected chi connectivity index (χ1v) is 5.26. The van der Waals surface area contributed by atoms with Gasteiger partial charge in [0, 0.05) is 17.3 Å². The van der Waals surface area contributed by atoms with Crippen molar-refractivity contribution in [3.8, 4) is 0 Å². The summed E-state index contributed by atoms with van der Waals surface area (Å²) in [5.74, 6) is -0.154. The van der Waals surface area contributed by atoms with E-state index in [0.717, 1.165) is 9.88 Å². The second-order valence-corrected chi connectivity index (χ2v) is 4.32. The zero-order chi connectivity index (χ0) is 10.7. The molecule has 0 fully saturated rings. The topological polar surface area (TPSA) is 70.7 Å². The molecule has 0 bridgehead atoms. The van der Waals surface area contributed by atoms with Crippen LogP contribution in [-0.2, 0) is 6.54 Å². The number of amides is 1. The van der Waals surface area contributed by atoms with Gasteiger partial charge in [0.1, 0.15) is 5.69 Å². The summed E-state index contributed by atoms with van der Waals surface area (Å²) in [6.07, 6.45) is 3.32. The van der Waals surface area contributed by atoms with Crippen LogP contribution in [0.15, 0.2) is 18.5 Å². The lowest BCUT2D eigenvalue weighted by Crippen LogP contribution is -2.22. The standard InChI is InChI=1S/C9H10N4OS/c1-6-10-4-7(15-6)5-11-9(14)8-2-3-12-13-8/h2-4H,5H2,1H3,(H,11,14)(H,12,13). The minimum Gasteiger partial charge on any atom is -0.346 e. The quantitative estimate of drug-likeness (QED) is 0.817. The molecule has 0 aliphatic heterocycles. The Balaban J connectivity index is 1.91. The molecule has 0 atom stereocenters. The van der Waals surface area contributed by atoms with Crippen LogP contribution < -0.4 is 5.32 Å². The molecule has 1 amide bonds. The molecule has 15 heavy (non-hydrogen) atoms. The maximum absolute atomic E-state index is 11.5. The first kappa shape index (κ1) is 9.85. The van der Waals surface area contributed by atoms with Crippen molar-refractivity contribution >= 4 is 17.2 Å². The van der Waals surface area contributed by atoms with Crippen LogP contribution in [0.5, 0.6) is 0 Å². The lowest BCUT2D eigenvalue weighted by molar-refractivity contribution is 0.0946. The van der Waals surface area contributed by atoms with Crippen molar-refractivity contribution in [2.45, 2.75) is 13.5 Å². The Morgan fingerprint density at radius 3 is 3.13 bits per heavy atom. The van der Waals surface area contributed by atoms with Crippen LogP contribution in [0.1, 0.15) is 20.4 Å². The molecule has 2 N–H and O–H groups in total. The number of hydrogen-bond acceptors (Lipinski definition) is 4. The van der Waals surface area contributed by atoms with Gasteiger partial charge in [-0.25, -0.2) is 4.98 Å². The van der Waals surface area contributed by atoms with Gasteiger partial charge in [0.05, 0.1) is 11.6 Å². The molecule has 0 radical (unpaired) electrons. The highest BCUT2D eigenvalue weighted by atomic mass is 32.1. The second-order valence-electron chi connectivity index (χ2n) is 3.00. The summed E-state index contributed by atoms with van der Waals surface area (Å²) in [4.78, 5) is 16.6. The zero-order valence-corrected chi connectivity index (χ0v) is 8.97. The summed E-state index contributed by atoms with van der Waals surface area (Å²) in [6.45, 7) is 2.44. The number of rotatable bonds is 3. The molecule has 2 heterocycles. The number of thiazole rings is 1. The molecule has 0 saturated heterocycles. The van der Waals surface area contributed by atoms with E-state index in [9.17, 15) is 4.79 Å². The normalized spacial score (nSPS) is 10.2. The fraction of sp³-hybridized carbons (Fsp3) is 0.222. The Morgan fingerprint density at radius 2 is 2.53 bits per heavy atom. The Kier molecular flexibility index (Phi) is 2.77. The van der Waals surface area contributed by atoms with Crippen molar-refractivity contribution in [1.82, 2.24) is 20.5 Å². The Labute approximate surface area is 90.6 Å². The number of aromatic amines is 1. The minimum atomic E-state index is -0.154. The molecule has 0 unspecified atom stereocenters. The average Bonchev–Trinajstić information content (AvgIpc) is 2.84. The fourth-order valence-corrected chi connectivity index (χ4v) is 1.87. The van der Waals surface area contributed by atoms with Crippen LogP contribution >= 0.6 is 11.3 Å². The third-order valence-corrected chi connectivity index (χ3v) is 2.75. The molecule has 0 aliphatic carbocycles. The number of nitrogens with one attached hydrogen (secondary N) is 2. The fourth-order valence-electron chi connectivity index (χ4n) is 1.13.